The van der Waals surface area contributed by atoms with Gasteiger partial charge in [0.25, 0.3) is 0 Å². The van der Waals surface area contributed by atoms with Crippen LogP contribution in [-0.2, 0) is 9.59 Å². The van der Waals surface area contributed by atoms with Gasteiger partial charge < -0.3 is 15.2 Å². The van der Waals surface area contributed by atoms with Crippen molar-refractivity contribution in [3.05, 3.63) is 18.3 Å². The molecule has 2 N–H and O–H groups in total. The van der Waals surface area contributed by atoms with Crippen molar-refractivity contribution in [3.8, 4) is 5.75 Å². The Balaban J connectivity index is 2.72. The van der Waals surface area contributed by atoms with E-state index in [4.69, 9.17) is 9.84 Å². The molecule has 1 amide bonds. The molecule has 6 nitrogen and oxygen atoms in total. The summed E-state index contributed by atoms with van der Waals surface area (Å²) in [5.74, 6) is -0.660. The maximum Gasteiger partial charge on any atom is 0.327 e. The third kappa shape index (κ3) is 5.48. The number of nitrogens with zero attached hydrogens (tertiary/aromatic N) is 1. The number of ether oxygens (including phenoxy) is 1. The lowest BCUT2D eigenvalue weighted by molar-refractivity contribution is -0.140. The highest BCUT2D eigenvalue weighted by Gasteiger charge is 2.20. The second-order valence-corrected chi connectivity index (χ2v) is 5.38. The van der Waals surface area contributed by atoms with Gasteiger partial charge in [0.15, 0.2) is 5.75 Å². The number of amides is 1. The molecular weight excluding hydrogens is 280 g/mol. The Hall–Kier alpha value is -1.76. The summed E-state index contributed by atoms with van der Waals surface area (Å²) in [5.41, 5.74) is 0. The SMILES string of the molecule is CC(=O)N[C@@H](CSc1ncccc1OC(C)C)C(=O)O. The van der Waals surface area contributed by atoms with Crippen LogP contribution in [0, 0.1) is 0 Å². The van der Waals surface area contributed by atoms with Gasteiger partial charge in [0.05, 0.1) is 6.10 Å². The fraction of sp³-hybridized carbons (Fsp3) is 0.462. The predicted octanol–water partition coefficient (Wildman–Crippen LogP) is 1.55. The van der Waals surface area contributed by atoms with Crippen molar-refractivity contribution in [2.75, 3.05) is 5.75 Å². The summed E-state index contributed by atoms with van der Waals surface area (Å²) in [4.78, 5) is 26.2. The first kappa shape index (κ1) is 16.3. The number of hydrogen-bond donors (Lipinski definition) is 2. The molecular formula is C13H18N2O4S. The molecule has 0 aliphatic carbocycles. The van der Waals surface area contributed by atoms with E-state index in [-0.39, 0.29) is 17.8 Å². The topological polar surface area (TPSA) is 88.5 Å². The number of nitrogens with one attached hydrogen (secondary N) is 1. The lowest BCUT2D eigenvalue weighted by atomic mass is 10.3. The molecule has 0 aliphatic heterocycles. The molecule has 1 rings (SSSR count). The molecule has 1 atom stereocenters. The maximum absolute atomic E-state index is 11.0. The molecule has 1 aromatic heterocycles. The van der Waals surface area contributed by atoms with E-state index in [1.165, 1.54) is 18.7 Å². The van der Waals surface area contributed by atoms with Crippen LogP contribution in [-0.4, -0.2) is 39.9 Å². The highest BCUT2D eigenvalue weighted by molar-refractivity contribution is 7.99. The Kier molecular flexibility index (Phi) is 6.30. The summed E-state index contributed by atoms with van der Waals surface area (Å²) in [6.45, 7) is 5.09. The number of pyridine rings is 1. The van der Waals surface area contributed by atoms with Crippen LogP contribution in [0.2, 0.25) is 0 Å². The minimum absolute atomic E-state index is 0.00386. The predicted molar refractivity (Wildman–Crippen MR) is 76.0 cm³/mol. The zero-order valence-electron chi connectivity index (χ0n) is 11.6. The van der Waals surface area contributed by atoms with Crippen molar-refractivity contribution in [1.82, 2.24) is 10.3 Å². The summed E-state index contributed by atoms with van der Waals surface area (Å²) in [6.07, 6.45) is 1.62. The highest BCUT2D eigenvalue weighted by atomic mass is 32.2. The Bertz CT molecular complexity index is 479. The first-order valence-corrected chi connectivity index (χ1v) is 7.13. The van der Waals surface area contributed by atoms with Gasteiger partial charge in [0.2, 0.25) is 5.91 Å². The van der Waals surface area contributed by atoms with Crippen LogP contribution in [0.3, 0.4) is 0 Å². The van der Waals surface area contributed by atoms with E-state index in [0.717, 1.165) is 0 Å². The molecule has 0 spiro atoms. The van der Waals surface area contributed by atoms with E-state index >= 15 is 0 Å². The summed E-state index contributed by atoms with van der Waals surface area (Å²) >= 11 is 1.24. The quantitative estimate of drug-likeness (QED) is 0.743. The van der Waals surface area contributed by atoms with Gasteiger partial charge in [-0.25, -0.2) is 9.78 Å². The Labute approximate surface area is 121 Å². The van der Waals surface area contributed by atoms with Crippen LogP contribution in [0.15, 0.2) is 23.4 Å². The first-order chi connectivity index (χ1) is 9.40. The van der Waals surface area contributed by atoms with Gasteiger partial charge in [-0.2, -0.15) is 0 Å². The number of rotatable bonds is 7. The van der Waals surface area contributed by atoms with Gasteiger partial charge in [-0.1, -0.05) is 11.8 Å². The lowest BCUT2D eigenvalue weighted by Gasteiger charge is -2.15. The summed E-state index contributed by atoms with van der Waals surface area (Å²) in [6, 6.07) is 2.58. The molecule has 0 aliphatic rings. The minimum atomic E-state index is -1.07. The van der Waals surface area contributed by atoms with Crippen molar-refractivity contribution in [2.45, 2.75) is 37.9 Å². The zero-order valence-corrected chi connectivity index (χ0v) is 12.4. The van der Waals surface area contributed by atoms with E-state index in [1.54, 1.807) is 18.3 Å². The molecule has 1 heterocycles. The van der Waals surface area contributed by atoms with Crippen molar-refractivity contribution in [2.24, 2.45) is 0 Å². The monoisotopic (exact) mass is 298 g/mol. The lowest BCUT2D eigenvalue weighted by Crippen LogP contribution is -2.41. The zero-order chi connectivity index (χ0) is 15.1. The minimum Gasteiger partial charge on any atom is -0.488 e. The number of carbonyl (C=O) groups excluding carboxylic acids is 1. The van der Waals surface area contributed by atoms with Crippen LogP contribution in [0.4, 0.5) is 0 Å². The van der Waals surface area contributed by atoms with Crippen LogP contribution in [0.1, 0.15) is 20.8 Å². The standard InChI is InChI=1S/C13H18N2O4S/c1-8(2)19-11-5-4-6-14-12(11)20-7-10(13(17)18)15-9(3)16/h4-6,8,10H,7H2,1-3H3,(H,15,16)(H,17,18)/t10-/m0/s1. The van der Waals surface area contributed by atoms with E-state index in [2.05, 4.69) is 10.3 Å². The van der Waals surface area contributed by atoms with Crippen LogP contribution in [0.25, 0.3) is 0 Å². The number of carbonyl (C=O) groups is 2. The van der Waals surface area contributed by atoms with Crippen molar-refractivity contribution in [1.29, 1.82) is 0 Å². The summed E-state index contributed by atoms with van der Waals surface area (Å²) in [5, 5.41) is 12.0. The molecule has 0 saturated heterocycles. The normalized spacial score (nSPS) is 12.0. The third-order valence-corrected chi connectivity index (χ3v) is 3.24. The fourth-order valence-corrected chi connectivity index (χ4v) is 2.35. The van der Waals surface area contributed by atoms with Crippen molar-refractivity contribution in [3.63, 3.8) is 0 Å². The van der Waals surface area contributed by atoms with E-state index < -0.39 is 12.0 Å². The molecule has 0 fully saturated rings. The van der Waals surface area contributed by atoms with Gasteiger partial charge in [-0.3, -0.25) is 4.79 Å². The second kappa shape index (κ2) is 7.74. The molecule has 1 aromatic rings. The molecule has 0 bridgehead atoms. The molecule has 110 valence electrons. The average molecular weight is 298 g/mol. The Morgan fingerprint density at radius 3 is 2.75 bits per heavy atom. The number of aromatic nitrogens is 1. The van der Waals surface area contributed by atoms with Gasteiger partial charge in [0.1, 0.15) is 11.1 Å². The summed E-state index contributed by atoms with van der Waals surface area (Å²) < 4.78 is 5.60. The molecule has 0 unspecified atom stereocenters. The van der Waals surface area contributed by atoms with E-state index in [0.29, 0.717) is 10.8 Å². The third-order valence-electron chi connectivity index (χ3n) is 2.16. The molecule has 0 radical (unpaired) electrons. The maximum atomic E-state index is 11.0. The van der Waals surface area contributed by atoms with Gasteiger partial charge in [0, 0.05) is 18.9 Å². The number of hydrogen-bond acceptors (Lipinski definition) is 5. The van der Waals surface area contributed by atoms with Gasteiger partial charge >= 0.3 is 5.97 Å². The average Bonchev–Trinajstić information content (AvgIpc) is 2.34. The Morgan fingerprint density at radius 1 is 1.50 bits per heavy atom. The number of thioether (sulfide) groups is 1. The second-order valence-electron chi connectivity index (χ2n) is 4.38. The Morgan fingerprint density at radius 2 is 2.20 bits per heavy atom. The summed E-state index contributed by atoms with van der Waals surface area (Å²) in [7, 11) is 0. The largest absolute Gasteiger partial charge is 0.488 e. The van der Waals surface area contributed by atoms with Gasteiger partial charge in [-0.05, 0) is 26.0 Å². The van der Waals surface area contributed by atoms with Crippen molar-refractivity contribution < 1.29 is 19.4 Å². The molecule has 7 heteroatoms. The van der Waals surface area contributed by atoms with Crippen LogP contribution in [0.5, 0.6) is 5.75 Å². The van der Waals surface area contributed by atoms with Crippen LogP contribution >= 0.6 is 11.8 Å². The van der Waals surface area contributed by atoms with Crippen LogP contribution < -0.4 is 10.1 Å². The van der Waals surface area contributed by atoms with E-state index in [1.807, 2.05) is 13.8 Å². The van der Waals surface area contributed by atoms with Crippen molar-refractivity contribution >= 4 is 23.6 Å². The van der Waals surface area contributed by atoms with Gasteiger partial charge in [-0.15, -0.1) is 0 Å². The fourth-order valence-electron chi connectivity index (χ4n) is 1.41. The highest BCUT2D eigenvalue weighted by Crippen LogP contribution is 2.27. The molecule has 20 heavy (non-hydrogen) atoms. The first-order valence-electron chi connectivity index (χ1n) is 6.14. The molecule has 0 saturated carbocycles. The smallest absolute Gasteiger partial charge is 0.327 e. The number of aliphatic carboxylic acids is 1. The molecule has 0 aromatic carbocycles. The van der Waals surface area contributed by atoms with E-state index in [9.17, 15) is 9.59 Å². The number of carboxylic acids is 1. The number of carboxylic acid groups (broad SMARTS) is 1.